The summed E-state index contributed by atoms with van der Waals surface area (Å²) in [6.07, 6.45) is 2.21. The second-order valence-corrected chi connectivity index (χ2v) is 14.4. The van der Waals surface area contributed by atoms with Gasteiger partial charge in [0.1, 0.15) is 22.1 Å². The fraction of sp³-hybridized carbons (Fsp3) is 0.400. The molecule has 5 nitrogen and oxygen atoms in total. The van der Waals surface area contributed by atoms with Crippen LogP contribution < -0.4 is 10.1 Å². The maximum absolute atomic E-state index is 12.6. The molecule has 1 saturated heterocycles. The van der Waals surface area contributed by atoms with Crippen molar-refractivity contribution in [3.8, 4) is 16.3 Å². The number of hydrogen-bond acceptors (Lipinski definition) is 4. The molecule has 1 aliphatic heterocycles. The van der Waals surface area contributed by atoms with Crippen molar-refractivity contribution in [2.45, 2.75) is 44.1 Å². The zero-order valence-electron chi connectivity index (χ0n) is 16.0. The second-order valence-electron chi connectivity index (χ2n) is 8.03. The van der Waals surface area contributed by atoms with Gasteiger partial charge in [-0.1, -0.05) is 37.3 Å². The number of amides is 1. The van der Waals surface area contributed by atoms with Crippen molar-refractivity contribution < 1.29 is 9.53 Å². The lowest BCUT2D eigenvalue weighted by Crippen LogP contribution is -2.42. The van der Waals surface area contributed by atoms with Crippen LogP contribution in [0.15, 0.2) is 30.3 Å². The highest BCUT2D eigenvalue weighted by atomic mass is 32.1. The number of benzene rings is 1. The minimum Gasteiger partial charge on any atom is -0.496 e. The summed E-state index contributed by atoms with van der Waals surface area (Å²) in [5.41, 5.74) is 2.32. The number of carbonyl (C=O) groups is 1. The number of carbonyl (C=O) groups excluding carboxylic acids is 1. The average Bonchev–Trinajstić information content (AvgIpc) is 3.22. The van der Waals surface area contributed by atoms with Gasteiger partial charge in [-0.2, -0.15) is 0 Å². The van der Waals surface area contributed by atoms with Gasteiger partial charge >= 0.3 is 0 Å². The first-order chi connectivity index (χ1) is 12.9. The predicted octanol–water partition coefficient (Wildman–Crippen LogP) is 4.90. The summed E-state index contributed by atoms with van der Waals surface area (Å²) in [6.45, 7) is 4.88. The van der Waals surface area contributed by atoms with Crippen molar-refractivity contribution in [1.29, 1.82) is 0 Å². The van der Waals surface area contributed by atoms with Crippen LogP contribution in [0.5, 0.6) is 5.75 Å². The number of nitrogens with zero attached hydrogens (tertiary/aromatic N) is 1. The topological polar surface area (TPSA) is 67.0 Å². The molecule has 0 radical (unpaired) electrons. The van der Waals surface area contributed by atoms with Crippen molar-refractivity contribution in [2.24, 2.45) is 0 Å². The summed E-state index contributed by atoms with van der Waals surface area (Å²) in [6, 6.07) is 12.6. The predicted molar refractivity (Wildman–Crippen MR) is 114 cm³/mol. The molecule has 142 valence electrons. The fourth-order valence-electron chi connectivity index (χ4n) is 3.68. The van der Waals surface area contributed by atoms with Crippen LogP contribution in [0.2, 0.25) is 25.2 Å². The molecule has 0 spiro atoms. The fourth-order valence-corrected chi connectivity index (χ4v) is 7.18. The van der Waals surface area contributed by atoms with Crippen LogP contribution in [0.25, 0.3) is 20.9 Å². The lowest BCUT2D eigenvalue weighted by molar-refractivity contribution is 0.0929. The molecule has 2 aromatic heterocycles. The standard InChI is InChI=1S/C20H25N3O2SSi/c1-25-16-7-5-4-6-14(16)20-23-18-17(26-20)12-15(22-18)19(24)21-13-8-10-27(2,3)11-9-13/h4-7,12-13,22H,8-11H2,1-3H3,(H,21,24). The minimum atomic E-state index is -1.00. The molecule has 0 aliphatic carbocycles. The summed E-state index contributed by atoms with van der Waals surface area (Å²) in [5, 5.41) is 4.09. The molecule has 1 amide bonds. The summed E-state index contributed by atoms with van der Waals surface area (Å²) in [7, 11) is 0.660. The Morgan fingerprint density at radius 3 is 2.74 bits per heavy atom. The summed E-state index contributed by atoms with van der Waals surface area (Å²) in [4.78, 5) is 20.5. The number of H-pyrrole nitrogens is 1. The van der Waals surface area contributed by atoms with Crippen LogP contribution >= 0.6 is 11.3 Å². The van der Waals surface area contributed by atoms with Crippen molar-refractivity contribution in [2.75, 3.05) is 7.11 Å². The Morgan fingerprint density at radius 1 is 1.30 bits per heavy atom. The number of rotatable bonds is 4. The molecule has 0 bridgehead atoms. The first kappa shape index (κ1) is 18.2. The molecule has 3 aromatic rings. The first-order valence-electron chi connectivity index (χ1n) is 9.39. The van der Waals surface area contributed by atoms with E-state index in [1.54, 1.807) is 18.4 Å². The van der Waals surface area contributed by atoms with Gasteiger partial charge in [-0.15, -0.1) is 11.3 Å². The average molecular weight is 400 g/mol. The van der Waals surface area contributed by atoms with E-state index in [1.807, 2.05) is 30.3 Å². The van der Waals surface area contributed by atoms with Crippen LogP contribution in [0, 0.1) is 0 Å². The normalized spacial score (nSPS) is 17.1. The highest BCUT2D eigenvalue weighted by Crippen LogP contribution is 2.35. The molecular formula is C20H25N3O2SSi. The van der Waals surface area contributed by atoms with Gasteiger partial charge in [0, 0.05) is 14.1 Å². The number of methoxy groups -OCH3 is 1. The van der Waals surface area contributed by atoms with Crippen molar-refractivity contribution in [3.63, 3.8) is 0 Å². The van der Waals surface area contributed by atoms with Gasteiger partial charge in [-0.3, -0.25) is 4.79 Å². The smallest absolute Gasteiger partial charge is 0.268 e. The number of ether oxygens (including phenoxy) is 1. The summed E-state index contributed by atoms with van der Waals surface area (Å²) < 4.78 is 6.41. The number of hydrogen-bond donors (Lipinski definition) is 2. The molecule has 0 atom stereocenters. The lowest BCUT2D eigenvalue weighted by atomic mass is 10.1. The minimum absolute atomic E-state index is 0.0228. The third-order valence-electron chi connectivity index (χ3n) is 5.44. The maximum Gasteiger partial charge on any atom is 0.268 e. The number of para-hydroxylation sites is 1. The molecule has 7 heteroatoms. The van der Waals surface area contributed by atoms with Crippen LogP contribution in [-0.2, 0) is 0 Å². The monoisotopic (exact) mass is 399 g/mol. The third-order valence-corrected chi connectivity index (χ3v) is 9.76. The number of fused-ring (bicyclic) bond motifs is 1. The zero-order valence-corrected chi connectivity index (χ0v) is 17.8. The summed E-state index contributed by atoms with van der Waals surface area (Å²) in [5.74, 6) is 0.779. The first-order valence-corrected chi connectivity index (χ1v) is 13.6. The van der Waals surface area contributed by atoms with Crippen LogP contribution in [0.3, 0.4) is 0 Å². The largest absolute Gasteiger partial charge is 0.496 e. The molecule has 1 aliphatic rings. The van der Waals surface area contributed by atoms with Gasteiger partial charge in [0.2, 0.25) is 0 Å². The van der Waals surface area contributed by atoms with Gasteiger partial charge in [0.25, 0.3) is 5.91 Å². The van der Waals surface area contributed by atoms with Gasteiger partial charge in [0.05, 0.1) is 17.4 Å². The Bertz CT molecular complexity index is 937. The van der Waals surface area contributed by atoms with E-state index in [4.69, 9.17) is 4.74 Å². The van der Waals surface area contributed by atoms with Crippen LogP contribution in [0.4, 0.5) is 0 Å². The quantitative estimate of drug-likeness (QED) is 0.613. The highest BCUT2D eigenvalue weighted by molar-refractivity contribution is 7.21. The Morgan fingerprint density at radius 2 is 2.04 bits per heavy atom. The molecule has 4 rings (SSSR count). The highest BCUT2D eigenvalue weighted by Gasteiger charge is 2.29. The Kier molecular flexibility index (Phi) is 4.82. The van der Waals surface area contributed by atoms with Crippen LogP contribution in [0.1, 0.15) is 23.3 Å². The van der Waals surface area contributed by atoms with E-state index in [1.165, 1.54) is 12.1 Å². The van der Waals surface area contributed by atoms with E-state index in [9.17, 15) is 4.79 Å². The molecule has 27 heavy (non-hydrogen) atoms. The number of nitrogens with one attached hydrogen (secondary N) is 2. The van der Waals surface area contributed by atoms with Crippen molar-refractivity contribution in [3.05, 3.63) is 36.0 Å². The number of aromatic nitrogens is 2. The maximum atomic E-state index is 12.6. The van der Waals surface area contributed by atoms with E-state index in [0.717, 1.165) is 39.5 Å². The molecule has 2 N–H and O–H groups in total. The Balaban J connectivity index is 1.50. The van der Waals surface area contributed by atoms with Gasteiger partial charge in [-0.05, 0) is 31.0 Å². The molecule has 1 aromatic carbocycles. The SMILES string of the molecule is COc1ccccc1-c1nc2[nH]c(C(=O)NC3CC[Si](C)(C)CC3)cc2s1. The zero-order chi connectivity index (χ0) is 19.0. The molecule has 3 heterocycles. The Hall–Kier alpha value is -2.12. The molecule has 0 saturated carbocycles. The van der Waals surface area contributed by atoms with Crippen molar-refractivity contribution >= 4 is 35.7 Å². The number of aromatic amines is 1. The summed E-state index contributed by atoms with van der Waals surface area (Å²) >= 11 is 1.57. The van der Waals surface area contributed by atoms with Gasteiger partial charge in [-0.25, -0.2) is 4.98 Å². The molecular weight excluding hydrogens is 374 g/mol. The van der Waals surface area contributed by atoms with Gasteiger partial charge < -0.3 is 15.0 Å². The Labute approximate surface area is 164 Å². The molecule has 1 fully saturated rings. The third kappa shape index (κ3) is 3.79. The van der Waals surface area contributed by atoms with E-state index >= 15 is 0 Å². The van der Waals surface area contributed by atoms with Crippen molar-refractivity contribution in [1.82, 2.24) is 15.3 Å². The van der Waals surface area contributed by atoms with E-state index in [2.05, 4.69) is 28.4 Å². The van der Waals surface area contributed by atoms with E-state index in [0.29, 0.717) is 11.7 Å². The number of thiazole rings is 1. The molecule has 0 unspecified atom stereocenters. The lowest BCUT2D eigenvalue weighted by Gasteiger charge is -2.33. The van der Waals surface area contributed by atoms with E-state index < -0.39 is 8.07 Å². The van der Waals surface area contributed by atoms with E-state index in [-0.39, 0.29) is 5.91 Å². The van der Waals surface area contributed by atoms with Gasteiger partial charge in [0.15, 0.2) is 0 Å². The second kappa shape index (κ2) is 7.13. The van der Waals surface area contributed by atoms with Crippen LogP contribution in [-0.4, -0.2) is 37.1 Å².